The maximum atomic E-state index is 11.9. The van der Waals surface area contributed by atoms with Crippen molar-refractivity contribution in [3.8, 4) is 0 Å². The summed E-state index contributed by atoms with van der Waals surface area (Å²) in [6.45, 7) is 7.14. The number of methoxy groups -OCH3 is 1. The Kier molecular flexibility index (Phi) is 4.80. The Morgan fingerprint density at radius 3 is 2.55 bits per heavy atom. The second kappa shape index (κ2) is 6.98. The molecule has 0 saturated carbocycles. The molecule has 6 nitrogen and oxygen atoms in total. The van der Waals surface area contributed by atoms with Crippen molar-refractivity contribution in [2.45, 2.75) is 0 Å². The van der Waals surface area contributed by atoms with E-state index < -0.39 is 0 Å². The van der Waals surface area contributed by atoms with Gasteiger partial charge in [0.25, 0.3) is 0 Å². The van der Waals surface area contributed by atoms with E-state index >= 15 is 0 Å². The van der Waals surface area contributed by atoms with E-state index in [-0.39, 0.29) is 6.09 Å². The van der Waals surface area contributed by atoms with Gasteiger partial charge in [-0.05, 0) is 12.1 Å². The maximum Gasteiger partial charge on any atom is 0.414 e. The van der Waals surface area contributed by atoms with Crippen LogP contribution in [0.1, 0.15) is 0 Å². The minimum atomic E-state index is -0.291. The second-order valence-electron chi connectivity index (χ2n) is 5.55. The number of carbonyl (C=O) groups excluding carboxylic acids is 1. The van der Waals surface area contributed by atoms with Crippen LogP contribution in [0, 0.1) is 0 Å². The molecule has 1 saturated heterocycles. The van der Waals surface area contributed by atoms with Crippen molar-refractivity contribution >= 4 is 17.5 Å². The van der Waals surface area contributed by atoms with E-state index in [2.05, 4.69) is 15.9 Å². The van der Waals surface area contributed by atoms with Crippen LogP contribution in [-0.4, -0.2) is 70.6 Å². The van der Waals surface area contributed by atoms with E-state index in [9.17, 15) is 4.79 Å². The van der Waals surface area contributed by atoms with E-state index in [0.717, 1.165) is 57.3 Å². The summed E-state index contributed by atoms with van der Waals surface area (Å²) in [4.78, 5) is 18.4. The molecule has 0 atom stereocenters. The van der Waals surface area contributed by atoms with E-state index in [1.54, 1.807) is 4.90 Å². The van der Waals surface area contributed by atoms with Crippen molar-refractivity contribution in [1.82, 2.24) is 4.90 Å². The molecular weight excluding hydrogens is 282 g/mol. The minimum absolute atomic E-state index is 0.291. The molecule has 1 amide bonds. The summed E-state index contributed by atoms with van der Waals surface area (Å²) in [5.41, 5.74) is 2.04. The molecule has 1 aromatic carbocycles. The first-order valence-corrected chi connectivity index (χ1v) is 7.79. The number of nitrogens with zero attached hydrogens (tertiary/aromatic N) is 3. The smallest absolute Gasteiger partial charge is 0.414 e. The number of ether oxygens (including phenoxy) is 2. The van der Waals surface area contributed by atoms with Crippen LogP contribution in [0.5, 0.6) is 0 Å². The molecule has 22 heavy (non-hydrogen) atoms. The lowest BCUT2D eigenvalue weighted by Gasteiger charge is -2.38. The standard InChI is InChI=1S/C16H23N3O3/c1-21-16(20)19-9-8-18(14-4-2-3-5-15(14)19)7-6-17-10-12-22-13-11-17/h2-5H,6-13H2,1H3. The maximum absolute atomic E-state index is 11.9. The van der Waals surface area contributed by atoms with Gasteiger partial charge in [0.1, 0.15) is 0 Å². The van der Waals surface area contributed by atoms with Gasteiger partial charge in [0.2, 0.25) is 0 Å². The molecule has 0 unspecified atom stereocenters. The van der Waals surface area contributed by atoms with Crippen molar-refractivity contribution in [1.29, 1.82) is 0 Å². The molecule has 0 radical (unpaired) electrons. The van der Waals surface area contributed by atoms with Gasteiger partial charge in [0.15, 0.2) is 0 Å². The summed E-state index contributed by atoms with van der Waals surface area (Å²) in [7, 11) is 1.43. The Labute approximate surface area is 131 Å². The van der Waals surface area contributed by atoms with Crippen molar-refractivity contribution in [3.63, 3.8) is 0 Å². The highest BCUT2D eigenvalue weighted by molar-refractivity contribution is 5.93. The molecule has 1 fully saturated rings. The summed E-state index contributed by atoms with van der Waals surface area (Å²) in [5, 5.41) is 0. The first kappa shape index (κ1) is 15.1. The lowest BCUT2D eigenvalue weighted by atomic mass is 10.1. The first-order chi connectivity index (χ1) is 10.8. The number of hydrogen-bond donors (Lipinski definition) is 0. The van der Waals surface area contributed by atoms with Crippen LogP contribution in [0.25, 0.3) is 0 Å². The average molecular weight is 305 g/mol. The number of hydrogen-bond acceptors (Lipinski definition) is 5. The number of amides is 1. The van der Waals surface area contributed by atoms with Crippen molar-refractivity contribution in [2.24, 2.45) is 0 Å². The monoisotopic (exact) mass is 305 g/mol. The van der Waals surface area contributed by atoms with Crippen LogP contribution in [-0.2, 0) is 9.47 Å². The molecule has 1 aromatic rings. The summed E-state index contributed by atoms with van der Waals surface area (Å²) in [6.07, 6.45) is -0.291. The molecule has 120 valence electrons. The Morgan fingerprint density at radius 2 is 1.82 bits per heavy atom. The third-order valence-electron chi connectivity index (χ3n) is 4.29. The van der Waals surface area contributed by atoms with E-state index in [1.165, 1.54) is 7.11 Å². The number of anilines is 2. The lowest BCUT2D eigenvalue weighted by molar-refractivity contribution is 0.0391. The molecule has 0 aromatic heterocycles. The van der Waals surface area contributed by atoms with Gasteiger partial charge in [-0.2, -0.15) is 0 Å². The number of para-hydroxylation sites is 2. The molecule has 0 aliphatic carbocycles. The normalized spacial score (nSPS) is 19.0. The second-order valence-corrected chi connectivity index (χ2v) is 5.55. The van der Waals surface area contributed by atoms with Crippen molar-refractivity contribution < 1.29 is 14.3 Å². The number of fused-ring (bicyclic) bond motifs is 1. The van der Waals surface area contributed by atoms with Gasteiger partial charge < -0.3 is 14.4 Å². The third kappa shape index (κ3) is 3.18. The molecule has 0 N–H and O–H groups in total. The Balaban J connectivity index is 1.69. The predicted molar refractivity (Wildman–Crippen MR) is 85.7 cm³/mol. The fourth-order valence-electron chi connectivity index (χ4n) is 3.04. The van der Waals surface area contributed by atoms with E-state index in [1.807, 2.05) is 18.2 Å². The van der Waals surface area contributed by atoms with Gasteiger partial charge in [0.05, 0.1) is 31.7 Å². The summed E-state index contributed by atoms with van der Waals surface area (Å²) >= 11 is 0. The number of benzene rings is 1. The predicted octanol–water partition coefficient (Wildman–Crippen LogP) is 1.41. The number of morpholine rings is 1. The topological polar surface area (TPSA) is 45.2 Å². The van der Waals surface area contributed by atoms with Gasteiger partial charge >= 0.3 is 6.09 Å². The quantitative estimate of drug-likeness (QED) is 0.845. The summed E-state index contributed by atoms with van der Waals surface area (Å²) < 4.78 is 10.3. The number of carbonyl (C=O) groups is 1. The fourth-order valence-corrected chi connectivity index (χ4v) is 3.04. The molecule has 6 heteroatoms. The van der Waals surface area contributed by atoms with Gasteiger partial charge in [-0.25, -0.2) is 4.79 Å². The molecular formula is C16H23N3O3. The first-order valence-electron chi connectivity index (χ1n) is 7.79. The third-order valence-corrected chi connectivity index (χ3v) is 4.29. The molecule has 2 heterocycles. The SMILES string of the molecule is COC(=O)N1CCN(CCN2CCOCC2)c2ccccc21. The van der Waals surface area contributed by atoms with Crippen LogP contribution in [0.4, 0.5) is 16.2 Å². The molecule has 0 bridgehead atoms. The molecule has 3 rings (SSSR count). The molecule has 0 spiro atoms. The van der Waals surface area contributed by atoms with Crippen LogP contribution >= 0.6 is 0 Å². The highest BCUT2D eigenvalue weighted by Crippen LogP contribution is 2.32. The summed E-state index contributed by atoms with van der Waals surface area (Å²) in [6, 6.07) is 8.03. The lowest BCUT2D eigenvalue weighted by Crippen LogP contribution is -2.47. The summed E-state index contributed by atoms with van der Waals surface area (Å²) in [5.74, 6) is 0. The van der Waals surface area contributed by atoms with E-state index in [4.69, 9.17) is 9.47 Å². The van der Waals surface area contributed by atoms with Crippen LogP contribution < -0.4 is 9.80 Å². The van der Waals surface area contributed by atoms with Crippen LogP contribution in [0.3, 0.4) is 0 Å². The van der Waals surface area contributed by atoms with Crippen molar-refractivity contribution in [2.75, 3.05) is 69.4 Å². The Hall–Kier alpha value is -1.79. The highest BCUT2D eigenvalue weighted by Gasteiger charge is 2.27. The van der Waals surface area contributed by atoms with Crippen molar-refractivity contribution in [3.05, 3.63) is 24.3 Å². The fraction of sp³-hybridized carbons (Fsp3) is 0.562. The number of rotatable bonds is 3. The largest absolute Gasteiger partial charge is 0.452 e. The zero-order chi connectivity index (χ0) is 15.4. The van der Waals surface area contributed by atoms with Gasteiger partial charge in [-0.3, -0.25) is 9.80 Å². The van der Waals surface area contributed by atoms with Gasteiger partial charge in [-0.1, -0.05) is 12.1 Å². The average Bonchev–Trinajstić information content (AvgIpc) is 2.60. The Bertz CT molecular complexity index is 517. The molecule has 2 aliphatic rings. The van der Waals surface area contributed by atoms with Crippen LogP contribution in [0.2, 0.25) is 0 Å². The van der Waals surface area contributed by atoms with Gasteiger partial charge in [-0.15, -0.1) is 0 Å². The van der Waals surface area contributed by atoms with E-state index in [0.29, 0.717) is 6.54 Å². The van der Waals surface area contributed by atoms with Gasteiger partial charge in [0, 0.05) is 39.3 Å². The highest BCUT2D eigenvalue weighted by atomic mass is 16.5. The zero-order valence-corrected chi connectivity index (χ0v) is 13.0. The zero-order valence-electron chi connectivity index (χ0n) is 13.0. The Morgan fingerprint density at radius 1 is 1.09 bits per heavy atom. The minimum Gasteiger partial charge on any atom is -0.452 e. The molecule has 2 aliphatic heterocycles. The van der Waals surface area contributed by atoms with Crippen LogP contribution in [0.15, 0.2) is 24.3 Å².